The number of fused-ring (bicyclic) bond motifs is 4. The summed E-state index contributed by atoms with van der Waals surface area (Å²) in [4.78, 5) is 0.125. The summed E-state index contributed by atoms with van der Waals surface area (Å²) in [6, 6.07) is 6.51. The lowest BCUT2D eigenvalue weighted by molar-refractivity contribution is -0.133. The lowest BCUT2D eigenvalue weighted by atomic mass is 10.1. The van der Waals surface area contributed by atoms with Crippen molar-refractivity contribution in [1.29, 1.82) is 0 Å². The second-order valence-electron chi connectivity index (χ2n) is 5.27. The van der Waals surface area contributed by atoms with E-state index >= 15 is 0 Å². The zero-order chi connectivity index (χ0) is 13.9. The molecule has 0 radical (unpaired) electrons. The van der Waals surface area contributed by atoms with Gasteiger partial charge in [0.2, 0.25) is 0 Å². The van der Waals surface area contributed by atoms with Gasteiger partial charge in [0.05, 0.1) is 11.5 Å². The molecular weight excluding hydrogens is 284 g/mol. The summed E-state index contributed by atoms with van der Waals surface area (Å²) >= 11 is 0. The SMILES string of the molecule is Cc1ccc(S(=O)(=O)O[C@@H]2[C@H]3OC[C@@H](O3)[C@H]3O[C@@H]23)cc1. The summed E-state index contributed by atoms with van der Waals surface area (Å²) in [7, 11) is -3.85. The Bertz CT molecular complexity index is 625. The van der Waals surface area contributed by atoms with Gasteiger partial charge in [-0.1, -0.05) is 17.7 Å². The predicted octanol–water partition coefficient (Wildman–Crippen LogP) is 0.591. The Morgan fingerprint density at radius 2 is 1.90 bits per heavy atom. The van der Waals surface area contributed by atoms with Crippen molar-refractivity contribution in [2.75, 3.05) is 6.61 Å². The van der Waals surface area contributed by atoms with E-state index in [1.807, 2.05) is 6.92 Å². The Balaban J connectivity index is 1.57. The van der Waals surface area contributed by atoms with Gasteiger partial charge in [-0.25, -0.2) is 0 Å². The van der Waals surface area contributed by atoms with E-state index in [2.05, 4.69) is 0 Å². The molecular formula is C13H14O6S. The van der Waals surface area contributed by atoms with Crippen LogP contribution in [0.1, 0.15) is 5.56 Å². The molecule has 3 aliphatic heterocycles. The Kier molecular flexibility index (Phi) is 2.71. The number of benzene rings is 1. The summed E-state index contributed by atoms with van der Waals surface area (Å²) in [6.07, 6.45) is -1.84. The van der Waals surface area contributed by atoms with E-state index in [4.69, 9.17) is 18.4 Å². The average Bonchev–Trinajstić information content (AvgIpc) is 3.09. The Morgan fingerprint density at radius 1 is 1.15 bits per heavy atom. The summed E-state index contributed by atoms with van der Waals surface area (Å²) < 4.78 is 46.2. The van der Waals surface area contributed by atoms with Crippen LogP contribution >= 0.6 is 0 Å². The van der Waals surface area contributed by atoms with E-state index in [1.165, 1.54) is 12.1 Å². The molecule has 0 aliphatic carbocycles. The monoisotopic (exact) mass is 298 g/mol. The van der Waals surface area contributed by atoms with Crippen molar-refractivity contribution in [3.8, 4) is 0 Å². The highest BCUT2D eigenvalue weighted by Crippen LogP contribution is 2.43. The topological polar surface area (TPSA) is 74.4 Å². The molecule has 20 heavy (non-hydrogen) atoms. The van der Waals surface area contributed by atoms with Crippen LogP contribution in [0.25, 0.3) is 0 Å². The summed E-state index contributed by atoms with van der Waals surface area (Å²) in [5, 5.41) is 0. The van der Waals surface area contributed by atoms with Crippen molar-refractivity contribution in [1.82, 2.24) is 0 Å². The second kappa shape index (κ2) is 4.25. The third-order valence-corrected chi connectivity index (χ3v) is 5.13. The van der Waals surface area contributed by atoms with Crippen LogP contribution in [-0.2, 0) is 28.5 Å². The molecule has 1 aromatic carbocycles. The highest BCUT2D eigenvalue weighted by atomic mass is 32.2. The van der Waals surface area contributed by atoms with Gasteiger partial charge in [0.15, 0.2) is 12.4 Å². The first-order chi connectivity index (χ1) is 9.54. The van der Waals surface area contributed by atoms with Crippen LogP contribution in [0.2, 0.25) is 0 Å². The van der Waals surface area contributed by atoms with Gasteiger partial charge in [-0.3, -0.25) is 4.18 Å². The van der Waals surface area contributed by atoms with Crippen LogP contribution in [0.5, 0.6) is 0 Å². The fourth-order valence-corrected chi connectivity index (χ4v) is 3.72. The second-order valence-corrected chi connectivity index (χ2v) is 6.84. The molecule has 7 heteroatoms. The van der Waals surface area contributed by atoms with Crippen molar-refractivity contribution in [2.24, 2.45) is 0 Å². The predicted molar refractivity (Wildman–Crippen MR) is 66.5 cm³/mol. The van der Waals surface area contributed by atoms with E-state index in [1.54, 1.807) is 12.1 Å². The molecule has 3 saturated heterocycles. The summed E-state index contributed by atoms with van der Waals surface area (Å²) in [6.45, 7) is 2.32. The van der Waals surface area contributed by atoms with E-state index in [0.29, 0.717) is 6.61 Å². The minimum absolute atomic E-state index is 0.0908. The quantitative estimate of drug-likeness (QED) is 0.600. The number of hydrogen-bond acceptors (Lipinski definition) is 6. The zero-order valence-electron chi connectivity index (χ0n) is 10.8. The Labute approximate surface area is 116 Å². The maximum atomic E-state index is 12.3. The van der Waals surface area contributed by atoms with Gasteiger partial charge in [-0.2, -0.15) is 8.42 Å². The molecule has 0 saturated carbocycles. The molecule has 108 valence electrons. The van der Waals surface area contributed by atoms with Gasteiger partial charge < -0.3 is 14.2 Å². The number of aryl methyl sites for hydroxylation is 1. The molecule has 0 amide bonds. The van der Waals surface area contributed by atoms with Crippen LogP contribution in [0.3, 0.4) is 0 Å². The minimum Gasteiger partial charge on any atom is -0.364 e. The van der Waals surface area contributed by atoms with Gasteiger partial charge >= 0.3 is 0 Å². The Morgan fingerprint density at radius 3 is 2.65 bits per heavy atom. The lowest BCUT2D eigenvalue weighted by Crippen LogP contribution is -2.42. The smallest absolute Gasteiger partial charge is 0.297 e. The maximum Gasteiger partial charge on any atom is 0.297 e. The van der Waals surface area contributed by atoms with Gasteiger partial charge in [0.1, 0.15) is 18.3 Å². The zero-order valence-corrected chi connectivity index (χ0v) is 11.6. The molecule has 0 unspecified atom stereocenters. The fraction of sp³-hybridized carbons (Fsp3) is 0.538. The van der Waals surface area contributed by atoms with E-state index in [0.717, 1.165) is 5.56 Å². The first kappa shape index (κ1) is 12.7. The number of rotatable bonds is 3. The van der Waals surface area contributed by atoms with Crippen molar-refractivity contribution in [3.63, 3.8) is 0 Å². The standard InChI is InChI=1S/C13H14O6S/c1-7-2-4-8(5-3-7)20(14,15)19-12-11-10(18-11)9-6-16-13(12)17-9/h2-5,9-13H,6H2,1H3/t9-,10-,11-,12+,13+/m1/s1. The van der Waals surface area contributed by atoms with Crippen LogP contribution in [0, 0.1) is 6.92 Å². The molecule has 4 rings (SSSR count). The van der Waals surface area contributed by atoms with E-state index in [9.17, 15) is 8.42 Å². The molecule has 3 aliphatic rings. The minimum atomic E-state index is -3.85. The summed E-state index contributed by atoms with van der Waals surface area (Å²) in [5.41, 5.74) is 0.984. The lowest BCUT2D eigenvalue weighted by Gasteiger charge is -2.23. The van der Waals surface area contributed by atoms with Crippen LogP contribution in [0.15, 0.2) is 29.2 Å². The molecule has 0 N–H and O–H groups in total. The normalized spacial score (nSPS) is 38.5. The fourth-order valence-electron chi connectivity index (χ4n) is 2.65. The van der Waals surface area contributed by atoms with Gasteiger partial charge in [0.25, 0.3) is 10.1 Å². The van der Waals surface area contributed by atoms with Crippen LogP contribution < -0.4 is 0 Å². The Hall–Kier alpha value is -0.990. The third kappa shape index (κ3) is 1.97. The van der Waals surface area contributed by atoms with E-state index in [-0.39, 0.29) is 23.2 Å². The molecule has 3 heterocycles. The molecule has 5 atom stereocenters. The molecule has 0 aromatic heterocycles. The molecule has 2 bridgehead atoms. The molecule has 6 nitrogen and oxygen atoms in total. The summed E-state index contributed by atoms with van der Waals surface area (Å²) in [5.74, 6) is 0. The van der Waals surface area contributed by atoms with Crippen molar-refractivity contribution >= 4 is 10.1 Å². The van der Waals surface area contributed by atoms with Gasteiger partial charge in [-0.15, -0.1) is 0 Å². The van der Waals surface area contributed by atoms with Gasteiger partial charge in [-0.05, 0) is 19.1 Å². The first-order valence-electron chi connectivity index (χ1n) is 6.47. The average molecular weight is 298 g/mol. The van der Waals surface area contributed by atoms with Crippen molar-refractivity contribution in [2.45, 2.75) is 42.5 Å². The molecule has 0 spiro atoms. The highest BCUT2D eigenvalue weighted by molar-refractivity contribution is 7.86. The third-order valence-electron chi connectivity index (χ3n) is 3.80. The molecule has 1 aromatic rings. The molecule has 3 fully saturated rings. The maximum absolute atomic E-state index is 12.3. The van der Waals surface area contributed by atoms with E-state index < -0.39 is 22.5 Å². The van der Waals surface area contributed by atoms with Gasteiger partial charge in [0, 0.05) is 0 Å². The number of epoxide rings is 1. The number of hydrogen-bond donors (Lipinski definition) is 0. The largest absolute Gasteiger partial charge is 0.364 e. The van der Waals surface area contributed by atoms with Crippen LogP contribution in [0.4, 0.5) is 0 Å². The van der Waals surface area contributed by atoms with Crippen molar-refractivity contribution < 1.29 is 26.8 Å². The first-order valence-corrected chi connectivity index (χ1v) is 7.88. The van der Waals surface area contributed by atoms with Crippen LogP contribution in [-0.4, -0.2) is 45.7 Å². The number of ether oxygens (including phenoxy) is 3. The highest BCUT2D eigenvalue weighted by Gasteiger charge is 2.63. The van der Waals surface area contributed by atoms with Crippen molar-refractivity contribution in [3.05, 3.63) is 29.8 Å².